The number of hydrogen-bond donors (Lipinski definition) is 0. The van der Waals surface area contributed by atoms with Crippen LogP contribution in [0.1, 0.15) is 11.1 Å². The Morgan fingerprint density at radius 1 is 0.875 bits per heavy atom. The number of nitrogens with zero attached hydrogens (tertiary/aromatic N) is 4. The van der Waals surface area contributed by atoms with Crippen LogP contribution < -0.4 is 0 Å². The summed E-state index contributed by atoms with van der Waals surface area (Å²) in [7, 11) is 0. The van der Waals surface area contributed by atoms with Crippen molar-refractivity contribution < 1.29 is 0 Å². The van der Waals surface area contributed by atoms with Gasteiger partial charge in [0.2, 0.25) is 0 Å². The average molecular weight is 376 g/mol. The largest absolute Gasteiger partial charge is 0.192 e. The first kappa shape index (κ1) is 11.7. The summed E-state index contributed by atoms with van der Waals surface area (Å²) in [5.74, 6) is 0. The van der Waals surface area contributed by atoms with Gasteiger partial charge in [0, 0.05) is 0 Å². The summed E-state index contributed by atoms with van der Waals surface area (Å²) in [4.78, 5) is 1.35. The fourth-order valence-corrected chi connectivity index (χ4v) is 3.90. The third-order valence-electron chi connectivity index (χ3n) is 1.73. The molecule has 0 aliphatic rings. The number of hydrogen-bond acceptors (Lipinski definition) is 6. The van der Waals surface area contributed by atoms with Gasteiger partial charge in [-0.1, -0.05) is 0 Å². The molecule has 2 aromatic rings. The van der Waals surface area contributed by atoms with Crippen molar-refractivity contribution in [3.63, 3.8) is 0 Å². The topological polar surface area (TPSA) is 73.4 Å². The van der Waals surface area contributed by atoms with Gasteiger partial charge in [0.25, 0.3) is 0 Å². The van der Waals surface area contributed by atoms with Gasteiger partial charge >= 0.3 is 0 Å². The Hall–Kier alpha value is -0.800. The van der Waals surface area contributed by atoms with Crippen molar-refractivity contribution in [3.8, 4) is 21.9 Å². The third-order valence-corrected chi connectivity index (χ3v) is 5.21. The van der Waals surface area contributed by atoms with Crippen molar-refractivity contribution in [1.82, 2.24) is 8.75 Å². The van der Waals surface area contributed by atoms with Gasteiger partial charge in [-0.25, -0.2) is 0 Å². The molecule has 2 rings (SSSR count). The maximum atomic E-state index is 9.00. The molecule has 0 aromatic carbocycles. The molecule has 0 saturated carbocycles. The van der Waals surface area contributed by atoms with Crippen molar-refractivity contribution in [2.75, 3.05) is 0 Å². The minimum absolute atomic E-state index is 0.442. The lowest BCUT2D eigenvalue weighted by atomic mass is 10.2. The molecule has 4 nitrogen and oxygen atoms in total. The lowest BCUT2D eigenvalue weighted by Gasteiger charge is -1.91. The van der Waals surface area contributed by atoms with E-state index in [0.717, 1.165) is 0 Å². The molecular weight excluding hydrogens is 376 g/mol. The quantitative estimate of drug-likeness (QED) is 0.764. The van der Waals surface area contributed by atoms with Crippen molar-refractivity contribution in [2.24, 2.45) is 0 Å². The highest BCUT2D eigenvalue weighted by atomic mass is 79.9. The lowest BCUT2D eigenvalue weighted by molar-refractivity contribution is 1.42. The van der Waals surface area contributed by atoms with E-state index in [0.29, 0.717) is 30.1 Å². The number of halogens is 2. The molecule has 0 unspecified atom stereocenters. The molecule has 0 amide bonds. The minimum atomic E-state index is 0.442. The number of rotatable bonds is 1. The van der Waals surface area contributed by atoms with Gasteiger partial charge in [-0.3, -0.25) is 0 Å². The molecule has 0 atom stereocenters. The Labute approximate surface area is 116 Å². The maximum Gasteiger partial charge on any atom is 0.138 e. The molecule has 0 aliphatic heterocycles. The van der Waals surface area contributed by atoms with E-state index < -0.39 is 0 Å². The van der Waals surface area contributed by atoms with Gasteiger partial charge in [-0.2, -0.15) is 19.3 Å². The van der Waals surface area contributed by atoms with Crippen molar-refractivity contribution in [2.45, 2.75) is 0 Å². The van der Waals surface area contributed by atoms with Crippen LogP contribution in [0.5, 0.6) is 0 Å². The molecule has 78 valence electrons. The monoisotopic (exact) mass is 374 g/mol. The maximum absolute atomic E-state index is 9.00. The molecule has 0 aliphatic carbocycles. The van der Waals surface area contributed by atoms with Crippen molar-refractivity contribution in [1.29, 1.82) is 10.5 Å². The molecule has 0 spiro atoms. The highest BCUT2D eigenvalue weighted by Crippen LogP contribution is 2.39. The van der Waals surface area contributed by atoms with E-state index in [-0.39, 0.29) is 0 Å². The van der Waals surface area contributed by atoms with E-state index in [9.17, 15) is 0 Å². The fraction of sp³-hybridized carbons (Fsp3) is 0. The summed E-state index contributed by atoms with van der Waals surface area (Å²) < 4.78 is 9.08. The van der Waals surface area contributed by atoms with Gasteiger partial charge in [0.05, 0.1) is 9.75 Å². The summed E-state index contributed by atoms with van der Waals surface area (Å²) in [6.45, 7) is 0. The molecule has 2 heterocycles. The van der Waals surface area contributed by atoms with E-state index in [2.05, 4.69) is 52.7 Å². The summed E-state index contributed by atoms with van der Waals surface area (Å²) in [6.07, 6.45) is 0. The zero-order valence-corrected chi connectivity index (χ0v) is 12.2. The third kappa shape index (κ3) is 1.78. The lowest BCUT2D eigenvalue weighted by Crippen LogP contribution is -1.78. The molecule has 0 bridgehead atoms. The molecule has 0 saturated heterocycles. The van der Waals surface area contributed by atoms with Gasteiger partial charge in [-0.15, -0.1) is 0 Å². The van der Waals surface area contributed by atoms with Crippen LogP contribution in [0.3, 0.4) is 0 Å². The average Bonchev–Trinajstić information content (AvgIpc) is 2.81. The van der Waals surface area contributed by atoms with Crippen LogP contribution >= 0.6 is 54.9 Å². The first-order chi connectivity index (χ1) is 7.69. The second kappa shape index (κ2) is 4.60. The number of nitriles is 2. The summed E-state index contributed by atoms with van der Waals surface area (Å²) in [5.41, 5.74) is 0.885. The first-order valence-electron chi connectivity index (χ1n) is 3.80. The summed E-state index contributed by atoms with van der Waals surface area (Å²) >= 11 is 8.74. The summed E-state index contributed by atoms with van der Waals surface area (Å²) in [5, 5.41) is 18.0. The Balaban J connectivity index is 2.70. The zero-order chi connectivity index (χ0) is 11.7. The minimum Gasteiger partial charge on any atom is -0.192 e. The Kier molecular flexibility index (Phi) is 3.36. The Bertz CT molecular complexity index is 575. The Morgan fingerprint density at radius 3 is 1.56 bits per heavy atom. The second-order valence-electron chi connectivity index (χ2n) is 2.58. The molecule has 8 heteroatoms. The summed E-state index contributed by atoms with van der Waals surface area (Å²) in [6, 6.07) is 4.12. The van der Waals surface area contributed by atoms with E-state index in [1.165, 1.54) is 23.1 Å². The molecule has 0 radical (unpaired) electrons. The fourth-order valence-electron chi connectivity index (χ4n) is 1.05. The van der Waals surface area contributed by atoms with Gasteiger partial charge < -0.3 is 0 Å². The van der Waals surface area contributed by atoms with Crippen LogP contribution in [0.25, 0.3) is 9.75 Å². The van der Waals surface area contributed by atoms with E-state index >= 15 is 0 Å². The normalized spacial score (nSPS) is 9.75. The molecule has 16 heavy (non-hydrogen) atoms. The van der Waals surface area contributed by atoms with Crippen LogP contribution in [-0.4, -0.2) is 8.75 Å². The van der Waals surface area contributed by atoms with Crippen molar-refractivity contribution >= 4 is 54.9 Å². The van der Waals surface area contributed by atoms with Crippen LogP contribution in [0.4, 0.5) is 0 Å². The predicted molar refractivity (Wildman–Crippen MR) is 68.1 cm³/mol. The molecule has 2 aromatic heterocycles. The SMILES string of the molecule is N#Cc1c(Br)nsc1-c1snc(Br)c1C#N. The van der Waals surface area contributed by atoms with Crippen LogP contribution in [0.2, 0.25) is 0 Å². The van der Waals surface area contributed by atoms with Crippen molar-refractivity contribution in [3.05, 3.63) is 20.3 Å². The van der Waals surface area contributed by atoms with Crippen LogP contribution in [0, 0.1) is 22.7 Å². The molecule has 0 N–H and O–H groups in total. The zero-order valence-electron chi connectivity index (χ0n) is 7.36. The van der Waals surface area contributed by atoms with Gasteiger partial charge in [0.15, 0.2) is 0 Å². The molecule has 0 fully saturated rings. The smallest absolute Gasteiger partial charge is 0.138 e. The van der Waals surface area contributed by atoms with E-state index in [1.807, 2.05) is 0 Å². The first-order valence-corrected chi connectivity index (χ1v) is 6.93. The standard InChI is InChI=1S/C8Br2N4S2/c9-7-3(1-11)5(15-13-7)6-4(2-12)8(10)14-16-6. The molecular formula is C8Br2N4S2. The highest BCUT2D eigenvalue weighted by molar-refractivity contribution is 9.10. The van der Waals surface area contributed by atoms with Crippen LogP contribution in [0.15, 0.2) is 9.21 Å². The van der Waals surface area contributed by atoms with Gasteiger partial charge in [0.1, 0.15) is 32.5 Å². The predicted octanol–water partition coefficient (Wildman–Crippen LogP) is 3.53. The highest BCUT2D eigenvalue weighted by Gasteiger charge is 2.20. The number of aromatic nitrogens is 2. The van der Waals surface area contributed by atoms with Crippen LogP contribution in [-0.2, 0) is 0 Å². The van der Waals surface area contributed by atoms with E-state index in [4.69, 9.17) is 10.5 Å². The Morgan fingerprint density at radius 2 is 1.25 bits per heavy atom. The van der Waals surface area contributed by atoms with E-state index in [1.54, 1.807) is 0 Å². The second-order valence-corrected chi connectivity index (χ2v) is 5.63. The van der Waals surface area contributed by atoms with Gasteiger partial charge in [-0.05, 0) is 54.9 Å².